The molecule has 7 nitrogen and oxygen atoms in total. The Bertz CT molecular complexity index is 709. The number of sulfonamides is 1. The van der Waals surface area contributed by atoms with Crippen LogP contribution in [0.15, 0.2) is 11.6 Å². The van der Waals surface area contributed by atoms with Crippen molar-refractivity contribution in [3.63, 3.8) is 0 Å². The number of nitrogens with zero attached hydrogens (tertiary/aromatic N) is 3. The van der Waals surface area contributed by atoms with Crippen LogP contribution in [0.4, 0.5) is 0 Å². The molecule has 0 fully saturated rings. The summed E-state index contributed by atoms with van der Waals surface area (Å²) >= 11 is 1.54. The molecule has 114 valence electrons. The Hall–Kier alpha value is -1.29. The lowest BCUT2D eigenvalue weighted by Gasteiger charge is -2.14. The number of hydrogen-bond donors (Lipinski definition) is 1. The molecule has 0 atom stereocenters. The van der Waals surface area contributed by atoms with E-state index in [9.17, 15) is 8.42 Å². The molecule has 2 aromatic heterocycles. The maximum Gasteiger partial charge on any atom is 0.214 e. The number of nitrogens with one attached hydrogen (secondary N) is 1. The van der Waals surface area contributed by atoms with Crippen LogP contribution in [-0.4, -0.2) is 33.7 Å². The zero-order valence-corrected chi connectivity index (χ0v) is 13.2. The van der Waals surface area contributed by atoms with Crippen molar-refractivity contribution >= 4 is 21.4 Å². The second kappa shape index (κ2) is 5.84. The van der Waals surface area contributed by atoms with Crippen LogP contribution in [0.5, 0.6) is 0 Å². The van der Waals surface area contributed by atoms with Gasteiger partial charge >= 0.3 is 0 Å². The molecule has 0 saturated carbocycles. The summed E-state index contributed by atoms with van der Waals surface area (Å²) in [6.07, 6.45) is 1.74. The first-order valence-electron chi connectivity index (χ1n) is 6.59. The lowest BCUT2D eigenvalue weighted by molar-refractivity contribution is 0.103. The maximum absolute atomic E-state index is 11.9. The molecule has 1 N–H and O–H groups in total. The highest BCUT2D eigenvalue weighted by atomic mass is 32.2. The molecular weight excluding hydrogens is 312 g/mol. The third-order valence-electron chi connectivity index (χ3n) is 3.41. The molecular formula is C12H16N4O3S2. The van der Waals surface area contributed by atoms with E-state index in [4.69, 9.17) is 4.74 Å². The molecule has 9 heteroatoms. The fourth-order valence-corrected chi connectivity index (χ4v) is 3.80. The van der Waals surface area contributed by atoms with Crippen molar-refractivity contribution in [2.24, 2.45) is 0 Å². The highest BCUT2D eigenvalue weighted by molar-refractivity contribution is 7.89. The van der Waals surface area contributed by atoms with E-state index in [0.29, 0.717) is 26.3 Å². The van der Waals surface area contributed by atoms with E-state index >= 15 is 0 Å². The third kappa shape index (κ3) is 3.00. The van der Waals surface area contributed by atoms with Gasteiger partial charge in [-0.1, -0.05) is 0 Å². The Morgan fingerprint density at radius 1 is 1.43 bits per heavy atom. The van der Waals surface area contributed by atoms with Crippen LogP contribution >= 0.6 is 11.3 Å². The smallest absolute Gasteiger partial charge is 0.214 e. The van der Waals surface area contributed by atoms with Gasteiger partial charge in [-0.05, 0) is 6.92 Å². The van der Waals surface area contributed by atoms with Gasteiger partial charge in [0.25, 0.3) is 0 Å². The SMILES string of the molecule is CCS(=O)(=O)N1Cc2[nH]nc(COCc3nccs3)c2C1. The second-order valence-corrected chi connectivity index (χ2v) is 7.95. The zero-order valence-electron chi connectivity index (χ0n) is 11.6. The molecule has 0 aliphatic carbocycles. The monoisotopic (exact) mass is 328 g/mol. The summed E-state index contributed by atoms with van der Waals surface area (Å²) in [5.41, 5.74) is 2.57. The van der Waals surface area contributed by atoms with E-state index in [2.05, 4.69) is 15.2 Å². The van der Waals surface area contributed by atoms with Crippen molar-refractivity contribution in [3.05, 3.63) is 33.5 Å². The van der Waals surface area contributed by atoms with Crippen LogP contribution < -0.4 is 0 Å². The minimum atomic E-state index is -3.17. The van der Waals surface area contributed by atoms with Crippen LogP contribution in [0.2, 0.25) is 0 Å². The number of thiazole rings is 1. The number of hydrogen-bond acceptors (Lipinski definition) is 6. The maximum atomic E-state index is 11.9. The predicted molar refractivity (Wildman–Crippen MR) is 77.9 cm³/mol. The number of rotatable bonds is 6. The normalized spacial score (nSPS) is 15.5. The molecule has 0 unspecified atom stereocenters. The Morgan fingerprint density at radius 3 is 3.00 bits per heavy atom. The van der Waals surface area contributed by atoms with Crippen LogP contribution in [-0.2, 0) is 41.1 Å². The number of H-pyrrole nitrogens is 1. The standard InChI is InChI=1S/C12H16N4O3S2/c1-2-21(17,18)16-5-9-10(6-16)14-15-11(9)7-19-8-12-13-3-4-20-12/h3-4H,2,5-8H2,1H3,(H,14,15). The van der Waals surface area contributed by atoms with Crippen molar-refractivity contribution < 1.29 is 13.2 Å². The molecule has 0 amide bonds. The van der Waals surface area contributed by atoms with Gasteiger partial charge in [0.05, 0.1) is 36.9 Å². The average molecular weight is 328 g/mol. The zero-order chi connectivity index (χ0) is 14.9. The highest BCUT2D eigenvalue weighted by Crippen LogP contribution is 2.26. The predicted octanol–water partition coefficient (Wildman–Crippen LogP) is 1.25. The van der Waals surface area contributed by atoms with Crippen molar-refractivity contribution in [2.45, 2.75) is 33.2 Å². The van der Waals surface area contributed by atoms with Gasteiger partial charge in [0, 0.05) is 23.7 Å². The number of aromatic amines is 1. The molecule has 0 bridgehead atoms. The first-order valence-corrected chi connectivity index (χ1v) is 9.08. The van der Waals surface area contributed by atoms with Gasteiger partial charge < -0.3 is 4.74 Å². The van der Waals surface area contributed by atoms with Crippen LogP contribution in [0.3, 0.4) is 0 Å². The average Bonchev–Trinajstić information content (AvgIpc) is 3.16. The van der Waals surface area contributed by atoms with Crippen LogP contribution in [0.25, 0.3) is 0 Å². The van der Waals surface area contributed by atoms with Gasteiger partial charge in [-0.3, -0.25) is 5.10 Å². The summed E-state index contributed by atoms with van der Waals surface area (Å²) < 4.78 is 30.9. The lowest BCUT2D eigenvalue weighted by atomic mass is 10.2. The van der Waals surface area contributed by atoms with E-state index < -0.39 is 10.0 Å². The summed E-state index contributed by atoms with van der Waals surface area (Å²) in [4.78, 5) is 4.14. The van der Waals surface area contributed by atoms with E-state index in [1.165, 1.54) is 4.31 Å². The van der Waals surface area contributed by atoms with E-state index in [0.717, 1.165) is 22.0 Å². The van der Waals surface area contributed by atoms with Gasteiger partial charge in [-0.15, -0.1) is 11.3 Å². The van der Waals surface area contributed by atoms with Crippen molar-refractivity contribution in [1.82, 2.24) is 19.5 Å². The fraction of sp³-hybridized carbons (Fsp3) is 0.500. The largest absolute Gasteiger partial charge is 0.368 e. The van der Waals surface area contributed by atoms with Gasteiger partial charge in [0.1, 0.15) is 5.01 Å². The third-order valence-corrected chi connectivity index (χ3v) is 5.94. The van der Waals surface area contributed by atoms with Crippen LogP contribution in [0, 0.1) is 0 Å². The van der Waals surface area contributed by atoms with Crippen molar-refractivity contribution in [3.8, 4) is 0 Å². The van der Waals surface area contributed by atoms with Crippen molar-refractivity contribution in [1.29, 1.82) is 0 Å². The lowest BCUT2D eigenvalue weighted by Crippen LogP contribution is -2.27. The van der Waals surface area contributed by atoms with E-state index in [1.54, 1.807) is 24.5 Å². The molecule has 0 aromatic carbocycles. The van der Waals surface area contributed by atoms with Gasteiger partial charge in [0.15, 0.2) is 0 Å². The molecule has 3 heterocycles. The molecule has 0 spiro atoms. The summed E-state index contributed by atoms with van der Waals surface area (Å²) in [6, 6.07) is 0. The van der Waals surface area contributed by atoms with E-state index in [1.807, 2.05) is 5.38 Å². The topological polar surface area (TPSA) is 88.2 Å². The summed E-state index contributed by atoms with van der Waals surface area (Å²) in [6.45, 7) is 3.18. The molecule has 1 aliphatic heterocycles. The molecule has 3 rings (SSSR count). The minimum absolute atomic E-state index is 0.112. The Balaban J connectivity index is 1.63. The molecule has 21 heavy (non-hydrogen) atoms. The van der Waals surface area contributed by atoms with Crippen molar-refractivity contribution in [2.75, 3.05) is 5.75 Å². The van der Waals surface area contributed by atoms with Gasteiger partial charge in [-0.25, -0.2) is 13.4 Å². The molecule has 0 saturated heterocycles. The van der Waals surface area contributed by atoms with E-state index in [-0.39, 0.29) is 5.75 Å². The van der Waals surface area contributed by atoms with Gasteiger partial charge in [-0.2, -0.15) is 9.40 Å². The Labute approximate surface area is 127 Å². The first-order chi connectivity index (χ1) is 10.1. The Kier molecular flexibility index (Phi) is 4.07. The Morgan fingerprint density at radius 2 is 2.29 bits per heavy atom. The van der Waals surface area contributed by atoms with Crippen LogP contribution in [0.1, 0.15) is 28.9 Å². The molecule has 2 aromatic rings. The number of aromatic nitrogens is 3. The number of fused-ring (bicyclic) bond motifs is 1. The molecule has 0 radical (unpaired) electrons. The summed E-state index contributed by atoms with van der Waals surface area (Å²) in [7, 11) is -3.17. The summed E-state index contributed by atoms with van der Waals surface area (Å²) in [5, 5.41) is 9.93. The highest BCUT2D eigenvalue weighted by Gasteiger charge is 2.31. The number of ether oxygens (including phenoxy) is 1. The summed E-state index contributed by atoms with van der Waals surface area (Å²) in [5.74, 6) is 0.112. The quantitative estimate of drug-likeness (QED) is 0.862. The second-order valence-electron chi connectivity index (χ2n) is 4.71. The van der Waals surface area contributed by atoms with Gasteiger partial charge in [0.2, 0.25) is 10.0 Å². The molecule has 1 aliphatic rings. The first kappa shape index (κ1) is 14.6. The fourth-order valence-electron chi connectivity index (χ4n) is 2.23. The minimum Gasteiger partial charge on any atom is -0.368 e.